The number of nitrogens with zero attached hydrogens (tertiary/aromatic N) is 2. The van der Waals surface area contributed by atoms with E-state index in [-0.39, 0.29) is 0 Å². The smallest absolute Gasteiger partial charge is 0.130 e. The van der Waals surface area contributed by atoms with Gasteiger partial charge in [-0.1, -0.05) is 30.1 Å². The molecular formula is C12H13Cl2N3S. The lowest BCUT2D eigenvalue weighted by molar-refractivity contribution is 0.603. The zero-order chi connectivity index (χ0) is 12.7. The molecule has 1 aliphatic rings. The highest BCUT2D eigenvalue weighted by Gasteiger charge is 2.23. The van der Waals surface area contributed by atoms with Crippen LogP contribution in [-0.2, 0) is 0 Å². The summed E-state index contributed by atoms with van der Waals surface area (Å²) >= 11 is 13.5. The van der Waals surface area contributed by atoms with E-state index in [0.717, 1.165) is 22.6 Å². The highest BCUT2D eigenvalue weighted by Crippen LogP contribution is 2.37. The van der Waals surface area contributed by atoms with Gasteiger partial charge in [0.2, 0.25) is 0 Å². The predicted octanol–water partition coefficient (Wildman–Crippen LogP) is 4.60. The molecule has 2 unspecified atom stereocenters. The van der Waals surface area contributed by atoms with Gasteiger partial charge < -0.3 is 5.32 Å². The van der Waals surface area contributed by atoms with Crippen molar-refractivity contribution in [2.24, 2.45) is 5.92 Å². The van der Waals surface area contributed by atoms with E-state index < -0.39 is 0 Å². The van der Waals surface area contributed by atoms with E-state index in [1.54, 1.807) is 6.07 Å². The van der Waals surface area contributed by atoms with Crippen LogP contribution < -0.4 is 5.32 Å². The van der Waals surface area contributed by atoms with Gasteiger partial charge in [0.15, 0.2) is 0 Å². The summed E-state index contributed by atoms with van der Waals surface area (Å²) in [6.07, 6.45) is 3.62. The molecule has 1 N–H and O–H groups in total. The van der Waals surface area contributed by atoms with Crippen LogP contribution >= 0.6 is 34.9 Å². The third kappa shape index (κ3) is 2.17. The highest BCUT2D eigenvalue weighted by molar-refractivity contribution is 7.00. The first-order chi connectivity index (χ1) is 8.65. The summed E-state index contributed by atoms with van der Waals surface area (Å²) in [5, 5.41) is 4.70. The van der Waals surface area contributed by atoms with Crippen LogP contribution in [0.3, 0.4) is 0 Å². The molecule has 1 aromatic heterocycles. The van der Waals surface area contributed by atoms with Crippen molar-refractivity contribution >= 4 is 51.7 Å². The standard InChI is InChI=1S/C12H13Cl2N3S/c1-6-2-3-7(4-6)15-10-8(13)5-9(14)11-12(10)17-18-16-11/h5-7,15H,2-4H2,1H3. The number of nitrogens with one attached hydrogen (secondary N) is 1. The van der Waals surface area contributed by atoms with E-state index in [4.69, 9.17) is 23.2 Å². The maximum Gasteiger partial charge on any atom is 0.130 e. The van der Waals surface area contributed by atoms with E-state index in [9.17, 15) is 0 Å². The second-order valence-corrected chi connectivity index (χ2v) is 6.28. The lowest BCUT2D eigenvalue weighted by Gasteiger charge is -2.15. The fourth-order valence-corrected chi connectivity index (χ4v) is 3.72. The van der Waals surface area contributed by atoms with E-state index in [0.29, 0.717) is 16.1 Å². The summed E-state index contributed by atoms with van der Waals surface area (Å²) in [6, 6.07) is 2.22. The van der Waals surface area contributed by atoms with Gasteiger partial charge in [0, 0.05) is 6.04 Å². The Morgan fingerprint density at radius 3 is 2.72 bits per heavy atom. The molecule has 1 saturated carbocycles. The molecule has 0 saturated heterocycles. The summed E-state index contributed by atoms with van der Waals surface area (Å²) in [5.74, 6) is 0.776. The second kappa shape index (κ2) is 4.83. The Balaban J connectivity index is 1.98. The van der Waals surface area contributed by atoms with Crippen molar-refractivity contribution in [2.75, 3.05) is 5.32 Å². The Labute approximate surface area is 120 Å². The summed E-state index contributed by atoms with van der Waals surface area (Å²) in [6.45, 7) is 2.28. The fourth-order valence-electron chi connectivity index (χ4n) is 2.55. The quantitative estimate of drug-likeness (QED) is 0.881. The van der Waals surface area contributed by atoms with Crippen molar-refractivity contribution in [2.45, 2.75) is 32.2 Å². The Kier molecular flexibility index (Phi) is 3.34. The Morgan fingerprint density at radius 2 is 2.00 bits per heavy atom. The van der Waals surface area contributed by atoms with E-state index in [2.05, 4.69) is 21.0 Å². The zero-order valence-corrected chi connectivity index (χ0v) is 12.2. The fraction of sp³-hybridized carbons (Fsp3) is 0.500. The molecule has 2 atom stereocenters. The number of rotatable bonds is 2. The number of anilines is 1. The minimum atomic E-state index is 0.476. The van der Waals surface area contributed by atoms with Crippen LogP contribution in [0.4, 0.5) is 5.69 Å². The summed E-state index contributed by atoms with van der Waals surface area (Å²) in [4.78, 5) is 0. The van der Waals surface area contributed by atoms with Gasteiger partial charge in [0.1, 0.15) is 11.0 Å². The Hall–Kier alpha value is -0.580. The Morgan fingerprint density at radius 1 is 1.22 bits per heavy atom. The predicted molar refractivity (Wildman–Crippen MR) is 77.9 cm³/mol. The van der Waals surface area contributed by atoms with Gasteiger partial charge in [0.25, 0.3) is 0 Å². The molecule has 0 aliphatic heterocycles. The van der Waals surface area contributed by atoms with Crippen molar-refractivity contribution in [3.63, 3.8) is 0 Å². The number of benzene rings is 1. The molecule has 18 heavy (non-hydrogen) atoms. The van der Waals surface area contributed by atoms with Crippen LogP contribution in [0.25, 0.3) is 11.0 Å². The van der Waals surface area contributed by atoms with Gasteiger partial charge in [-0.15, -0.1) is 0 Å². The molecule has 1 heterocycles. The average molecular weight is 302 g/mol. The molecule has 1 fully saturated rings. The third-order valence-electron chi connectivity index (χ3n) is 3.49. The molecular weight excluding hydrogens is 289 g/mol. The SMILES string of the molecule is CC1CCC(Nc2c(Cl)cc(Cl)c3nsnc23)C1. The minimum absolute atomic E-state index is 0.476. The van der Waals surface area contributed by atoms with Gasteiger partial charge in [-0.05, 0) is 31.2 Å². The summed E-state index contributed by atoms with van der Waals surface area (Å²) in [7, 11) is 0. The van der Waals surface area contributed by atoms with Gasteiger partial charge >= 0.3 is 0 Å². The van der Waals surface area contributed by atoms with E-state index in [1.165, 1.54) is 31.0 Å². The van der Waals surface area contributed by atoms with Gasteiger partial charge in [0.05, 0.1) is 27.5 Å². The van der Waals surface area contributed by atoms with Crippen LogP contribution in [0.5, 0.6) is 0 Å². The molecule has 0 spiro atoms. The van der Waals surface area contributed by atoms with Gasteiger partial charge in [-0.2, -0.15) is 8.75 Å². The van der Waals surface area contributed by atoms with Crippen LogP contribution in [0, 0.1) is 5.92 Å². The molecule has 0 amide bonds. The summed E-state index contributed by atoms with van der Waals surface area (Å²) < 4.78 is 8.51. The average Bonchev–Trinajstić information content (AvgIpc) is 2.93. The normalized spacial score (nSPS) is 23.7. The molecule has 0 radical (unpaired) electrons. The maximum absolute atomic E-state index is 6.27. The first-order valence-electron chi connectivity index (χ1n) is 6.02. The monoisotopic (exact) mass is 301 g/mol. The minimum Gasteiger partial charge on any atom is -0.379 e. The van der Waals surface area contributed by atoms with Gasteiger partial charge in [-0.25, -0.2) is 0 Å². The Bertz CT molecular complexity index is 584. The second-order valence-electron chi connectivity index (χ2n) is 4.94. The zero-order valence-electron chi connectivity index (χ0n) is 9.91. The number of aromatic nitrogens is 2. The number of fused-ring (bicyclic) bond motifs is 1. The molecule has 1 aromatic carbocycles. The molecule has 1 aliphatic carbocycles. The van der Waals surface area contributed by atoms with Crippen LogP contribution in [0.2, 0.25) is 10.0 Å². The van der Waals surface area contributed by atoms with Crippen LogP contribution in [0.1, 0.15) is 26.2 Å². The third-order valence-corrected chi connectivity index (χ3v) is 4.60. The van der Waals surface area contributed by atoms with Crippen LogP contribution in [0.15, 0.2) is 6.07 Å². The number of halogens is 2. The molecule has 3 nitrogen and oxygen atoms in total. The van der Waals surface area contributed by atoms with E-state index >= 15 is 0 Å². The number of hydrogen-bond acceptors (Lipinski definition) is 4. The number of hydrogen-bond donors (Lipinski definition) is 1. The van der Waals surface area contributed by atoms with Crippen molar-refractivity contribution < 1.29 is 0 Å². The molecule has 2 aromatic rings. The van der Waals surface area contributed by atoms with Crippen molar-refractivity contribution in [1.29, 1.82) is 0 Å². The molecule has 0 bridgehead atoms. The van der Waals surface area contributed by atoms with Gasteiger partial charge in [-0.3, -0.25) is 0 Å². The van der Waals surface area contributed by atoms with Crippen LogP contribution in [-0.4, -0.2) is 14.8 Å². The molecule has 3 rings (SSSR count). The van der Waals surface area contributed by atoms with Crippen molar-refractivity contribution in [1.82, 2.24) is 8.75 Å². The van der Waals surface area contributed by atoms with E-state index in [1.807, 2.05) is 0 Å². The largest absolute Gasteiger partial charge is 0.379 e. The lowest BCUT2D eigenvalue weighted by Crippen LogP contribution is -2.15. The molecule has 96 valence electrons. The lowest BCUT2D eigenvalue weighted by atomic mass is 10.1. The van der Waals surface area contributed by atoms with Crippen molar-refractivity contribution in [3.8, 4) is 0 Å². The molecule has 6 heteroatoms. The first kappa shape index (κ1) is 12.5. The highest BCUT2D eigenvalue weighted by atomic mass is 35.5. The topological polar surface area (TPSA) is 37.8 Å². The maximum atomic E-state index is 6.27. The summed E-state index contributed by atoms with van der Waals surface area (Å²) in [5.41, 5.74) is 2.40. The first-order valence-corrected chi connectivity index (χ1v) is 7.50. The van der Waals surface area contributed by atoms with Crippen molar-refractivity contribution in [3.05, 3.63) is 16.1 Å².